The molecule has 78 valence electrons. The van der Waals surface area contributed by atoms with Crippen LogP contribution in [0.15, 0.2) is 12.1 Å². The van der Waals surface area contributed by atoms with E-state index in [2.05, 4.69) is 0 Å². The third kappa shape index (κ3) is 2.59. The standard InChI is InChI=1S/C10H13ClFNO/c1-6(13)3-7-4-8(11)5-9(14-2)10(7)12/h4-6H,3,13H2,1-2H3. The van der Waals surface area contributed by atoms with Crippen LogP contribution in [0.3, 0.4) is 0 Å². The van der Waals surface area contributed by atoms with Crippen molar-refractivity contribution in [3.63, 3.8) is 0 Å². The van der Waals surface area contributed by atoms with Crippen molar-refractivity contribution >= 4 is 11.6 Å². The van der Waals surface area contributed by atoms with Crippen molar-refractivity contribution in [2.24, 2.45) is 5.73 Å². The quantitative estimate of drug-likeness (QED) is 0.844. The van der Waals surface area contributed by atoms with Crippen LogP contribution in [-0.2, 0) is 6.42 Å². The van der Waals surface area contributed by atoms with E-state index in [1.165, 1.54) is 13.2 Å². The van der Waals surface area contributed by atoms with Gasteiger partial charge in [-0.05, 0) is 25.0 Å². The molecular weight excluding hydrogens is 205 g/mol. The maximum absolute atomic E-state index is 13.6. The minimum atomic E-state index is -0.380. The number of hydrogen-bond acceptors (Lipinski definition) is 2. The van der Waals surface area contributed by atoms with Crippen molar-refractivity contribution in [2.75, 3.05) is 7.11 Å². The number of ether oxygens (including phenoxy) is 1. The Morgan fingerprint density at radius 1 is 1.57 bits per heavy atom. The zero-order valence-electron chi connectivity index (χ0n) is 8.18. The first-order valence-corrected chi connectivity index (χ1v) is 4.70. The SMILES string of the molecule is COc1cc(Cl)cc(CC(C)N)c1F. The second-order valence-electron chi connectivity index (χ2n) is 3.26. The number of hydrogen-bond donors (Lipinski definition) is 1. The second kappa shape index (κ2) is 4.62. The number of halogens is 2. The average molecular weight is 218 g/mol. The Hall–Kier alpha value is -0.800. The molecule has 0 aromatic heterocycles. The predicted molar refractivity (Wildman–Crippen MR) is 55.3 cm³/mol. The third-order valence-corrected chi connectivity index (χ3v) is 2.06. The smallest absolute Gasteiger partial charge is 0.168 e. The van der Waals surface area contributed by atoms with Gasteiger partial charge in [-0.15, -0.1) is 0 Å². The number of nitrogens with two attached hydrogens (primary N) is 1. The second-order valence-corrected chi connectivity index (χ2v) is 3.70. The number of methoxy groups -OCH3 is 1. The van der Waals surface area contributed by atoms with Crippen molar-refractivity contribution in [1.82, 2.24) is 0 Å². The molecule has 0 amide bonds. The summed E-state index contributed by atoms with van der Waals surface area (Å²) in [6.45, 7) is 1.81. The van der Waals surface area contributed by atoms with Crippen molar-refractivity contribution in [2.45, 2.75) is 19.4 Å². The zero-order valence-corrected chi connectivity index (χ0v) is 8.94. The van der Waals surface area contributed by atoms with Crippen LogP contribution >= 0.6 is 11.6 Å². The average Bonchev–Trinajstić information content (AvgIpc) is 2.09. The first kappa shape index (κ1) is 11.3. The van der Waals surface area contributed by atoms with Gasteiger partial charge in [-0.2, -0.15) is 0 Å². The molecule has 0 heterocycles. The fraction of sp³-hybridized carbons (Fsp3) is 0.400. The molecule has 0 spiro atoms. The third-order valence-electron chi connectivity index (χ3n) is 1.84. The van der Waals surface area contributed by atoms with Crippen LogP contribution in [0, 0.1) is 5.82 Å². The van der Waals surface area contributed by atoms with Crippen LogP contribution in [-0.4, -0.2) is 13.2 Å². The Kier molecular flexibility index (Phi) is 3.72. The Morgan fingerprint density at radius 3 is 2.71 bits per heavy atom. The lowest BCUT2D eigenvalue weighted by Crippen LogP contribution is -2.18. The Balaban J connectivity index is 3.08. The molecule has 1 aromatic rings. The molecule has 1 unspecified atom stereocenters. The molecule has 0 aliphatic carbocycles. The van der Waals surface area contributed by atoms with Gasteiger partial charge in [0.1, 0.15) is 0 Å². The van der Waals surface area contributed by atoms with E-state index in [4.69, 9.17) is 22.1 Å². The molecule has 0 radical (unpaired) electrons. The summed E-state index contributed by atoms with van der Waals surface area (Å²) in [5, 5.41) is 0.457. The van der Waals surface area contributed by atoms with E-state index >= 15 is 0 Å². The van der Waals surface area contributed by atoms with Crippen molar-refractivity contribution < 1.29 is 9.13 Å². The van der Waals surface area contributed by atoms with Gasteiger partial charge in [0.2, 0.25) is 0 Å². The number of benzene rings is 1. The van der Waals surface area contributed by atoms with Crippen molar-refractivity contribution in [3.8, 4) is 5.75 Å². The minimum Gasteiger partial charge on any atom is -0.494 e. The molecule has 0 aliphatic heterocycles. The van der Waals surface area contributed by atoms with Crippen LogP contribution < -0.4 is 10.5 Å². The van der Waals surface area contributed by atoms with E-state index in [-0.39, 0.29) is 17.6 Å². The van der Waals surface area contributed by atoms with Crippen LogP contribution in [0.4, 0.5) is 4.39 Å². The van der Waals surface area contributed by atoms with E-state index in [0.29, 0.717) is 17.0 Å². The molecule has 1 aromatic carbocycles. The van der Waals surface area contributed by atoms with Crippen LogP contribution in [0.5, 0.6) is 5.75 Å². The van der Waals surface area contributed by atoms with Gasteiger partial charge in [0, 0.05) is 17.1 Å². The Morgan fingerprint density at radius 2 is 2.21 bits per heavy atom. The highest BCUT2D eigenvalue weighted by Gasteiger charge is 2.11. The minimum absolute atomic E-state index is 0.104. The summed E-state index contributed by atoms with van der Waals surface area (Å²) in [7, 11) is 1.41. The van der Waals surface area contributed by atoms with Crippen molar-refractivity contribution in [1.29, 1.82) is 0 Å². The molecule has 0 fully saturated rings. The fourth-order valence-electron chi connectivity index (χ4n) is 1.26. The lowest BCUT2D eigenvalue weighted by atomic mass is 10.1. The summed E-state index contributed by atoms with van der Waals surface area (Å²) in [5.74, 6) is -0.220. The molecule has 0 bridgehead atoms. The molecule has 4 heteroatoms. The highest BCUT2D eigenvalue weighted by molar-refractivity contribution is 6.30. The lowest BCUT2D eigenvalue weighted by Gasteiger charge is -2.10. The van der Waals surface area contributed by atoms with E-state index in [9.17, 15) is 4.39 Å². The normalized spacial score (nSPS) is 12.6. The fourth-order valence-corrected chi connectivity index (χ4v) is 1.49. The van der Waals surface area contributed by atoms with Gasteiger partial charge in [-0.3, -0.25) is 0 Å². The van der Waals surface area contributed by atoms with Gasteiger partial charge < -0.3 is 10.5 Å². The monoisotopic (exact) mass is 217 g/mol. The largest absolute Gasteiger partial charge is 0.494 e. The van der Waals surface area contributed by atoms with Crippen LogP contribution in [0.2, 0.25) is 5.02 Å². The molecular formula is C10H13ClFNO. The molecule has 0 saturated carbocycles. The summed E-state index contributed by atoms with van der Waals surface area (Å²) >= 11 is 5.80. The topological polar surface area (TPSA) is 35.2 Å². The molecule has 0 saturated heterocycles. The molecule has 1 atom stereocenters. The Labute approximate surface area is 87.8 Å². The van der Waals surface area contributed by atoms with Gasteiger partial charge >= 0.3 is 0 Å². The van der Waals surface area contributed by atoms with Gasteiger partial charge in [-0.25, -0.2) is 4.39 Å². The zero-order chi connectivity index (χ0) is 10.7. The molecule has 2 N–H and O–H groups in total. The summed E-state index contributed by atoms with van der Waals surface area (Å²) in [6, 6.07) is 2.91. The van der Waals surface area contributed by atoms with Gasteiger partial charge in [0.15, 0.2) is 11.6 Å². The Bertz CT molecular complexity index is 328. The van der Waals surface area contributed by atoms with Gasteiger partial charge in [-0.1, -0.05) is 11.6 Å². The summed E-state index contributed by atoms with van der Waals surface area (Å²) < 4.78 is 18.4. The maximum atomic E-state index is 13.6. The van der Waals surface area contributed by atoms with Gasteiger partial charge in [0.05, 0.1) is 7.11 Å². The van der Waals surface area contributed by atoms with Crippen LogP contribution in [0.1, 0.15) is 12.5 Å². The van der Waals surface area contributed by atoms with Crippen molar-refractivity contribution in [3.05, 3.63) is 28.5 Å². The first-order valence-electron chi connectivity index (χ1n) is 4.32. The van der Waals surface area contributed by atoms with Gasteiger partial charge in [0.25, 0.3) is 0 Å². The van der Waals surface area contributed by atoms with E-state index in [1.54, 1.807) is 6.07 Å². The molecule has 2 nitrogen and oxygen atoms in total. The maximum Gasteiger partial charge on any atom is 0.168 e. The summed E-state index contributed by atoms with van der Waals surface area (Å²) in [5.41, 5.74) is 6.07. The highest BCUT2D eigenvalue weighted by Crippen LogP contribution is 2.26. The molecule has 14 heavy (non-hydrogen) atoms. The van der Waals surface area contributed by atoms with E-state index in [0.717, 1.165) is 0 Å². The molecule has 1 rings (SSSR count). The van der Waals surface area contributed by atoms with E-state index in [1.807, 2.05) is 6.92 Å². The lowest BCUT2D eigenvalue weighted by molar-refractivity contribution is 0.383. The summed E-state index contributed by atoms with van der Waals surface area (Å²) in [6.07, 6.45) is 0.447. The van der Waals surface area contributed by atoms with Crippen LogP contribution in [0.25, 0.3) is 0 Å². The molecule has 0 aliphatic rings. The predicted octanol–water partition coefficient (Wildman–Crippen LogP) is 2.38. The number of rotatable bonds is 3. The first-order chi connectivity index (χ1) is 6.54. The van der Waals surface area contributed by atoms with E-state index < -0.39 is 0 Å². The highest BCUT2D eigenvalue weighted by atomic mass is 35.5. The summed E-state index contributed by atoms with van der Waals surface area (Å²) in [4.78, 5) is 0.